The zero-order valence-electron chi connectivity index (χ0n) is 11.3. The molecule has 1 aliphatic rings. The molecule has 1 fully saturated rings. The van der Waals surface area contributed by atoms with E-state index in [1.54, 1.807) is 7.05 Å². The van der Waals surface area contributed by atoms with E-state index in [1.807, 2.05) is 4.90 Å². The lowest BCUT2D eigenvalue weighted by atomic mass is 10.1. The van der Waals surface area contributed by atoms with Crippen LogP contribution in [0, 0.1) is 0 Å². The van der Waals surface area contributed by atoms with E-state index < -0.39 is 0 Å². The van der Waals surface area contributed by atoms with Gasteiger partial charge in [-0.05, 0) is 32.2 Å². The first-order valence-corrected chi connectivity index (χ1v) is 6.93. The van der Waals surface area contributed by atoms with Gasteiger partial charge < -0.3 is 15.5 Å². The van der Waals surface area contributed by atoms with Crippen LogP contribution >= 0.6 is 0 Å². The third kappa shape index (κ3) is 6.00. The maximum atomic E-state index is 11.8. The molecule has 0 atom stereocenters. The number of rotatable bonds is 7. The Hall–Kier alpha value is -1.10. The highest BCUT2D eigenvalue weighted by atomic mass is 16.2. The van der Waals surface area contributed by atoms with Gasteiger partial charge in [-0.3, -0.25) is 9.59 Å². The second-order valence-electron chi connectivity index (χ2n) is 4.72. The van der Waals surface area contributed by atoms with Crippen LogP contribution in [0.4, 0.5) is 0 Å². The fourth-order valence-electron chi connectivity index (χ4n) is 2.12. The zero-order valence-corrected chi connectivity index (χ0v) is 11.3. The molecule has 0 saturated carbocycles. The van der Waals surface area contributed by atoms with Gasteiger partial charge in [-0.1, -0.05) is 0 Å². The highest BCUT2D eigenvalue weighted by Gasteiger charge is 2.15. The molecule has 0 spiro atoms. The second-order valence-corrected chi connectivity index (χ2v) is 4.72. The topological polar surface area (TPSA) is 61.4 Å². The fourth-order valence-corrected chi connectivity index (χ4v) is 2.12. The average molecular weight is 255 g/mol. The molecule has 0 aromatic heterocycles. The summed E-state index contributed by atoms with van der Waals surface area (Å²) < 4.78 is 0. The summed E-state index contributed by atoms with van der Waals surface area (Å²) in [6.45, 7) is 3.36. The predicted molar refractivity (Wildman–Crippen MR) is 71.2 cm³/mol. The first-order chi connectivity index (χ1) is 8.74. The Morgan fingerprint density at radius 2 is 1.78 bits per heavy atom. The van der Waals surface area contributed by atoms with Gasteiger partial charge in [-0.15, -0.1) is 0 Å². The van der Waals surface area contributed by atoms with Crippen LogP contribution in [-0.4, -0.2) is 49.9 Å². The third-order valence-corrected chi connectivity index (χ3v) is 3.26. The van der Waals surface area contributed by atoms with Crippen molar-refractivity contribution in [2.24, 2.45) is 0 Å². The molecule has 1 saturated heterocycles. The smallest absolute Gasteiger partial charge is 0.223 e. The van der Waals surface area contributed by atoms with Gasteiger partial charge in [0.1, 0.15) is 0 Å². The van der Waals surface area contributed by atoms with Crippen LogP contribution in [0.1, 0.15) is 38.5 Å². The van der Waals surface area contributed by atoms with Crippen LogP contribution in [0.25, 0.3) is 0 Å². The number of hydrogen-bond donors (Lipinski definition) is 2. The highest BCUT2D eigenvalue weighted by Crippen LogP contribution is 2.09. The van der Waals surface area contributed by atoms with Gasteiger partial charge in [-0.25, -0.2) is 0 Å². The van der Waals surface area contributed by atoms with Crippen molar-refractivity contribution in [3.05, 3.63) is 0 Å². The second kappa shape index (κ2) is 8.91. The molecule has 1 aliphatic heterocycles. The minimum atomic E-state index is 0.0705. The molecule has 0 aromatic carbocycles. The van der Waals surface area contributed by atoms with Crippen LogP contribution in [-0.2, 0) is 9.59 Å². The quantitative estimate of drug-likeness (QED) is 0.651. The van der Waals surface area contributed by atoms with Crippen LogP contribution in [0.2, 0.25) is 0 Å². The standard InChI is InChI=1S/C13H25N3O2/c1-14-12(17)6-5-8-15-9-7-13(18)16-10-3-2-4-11-16/h15H,2-11H2,1H3,(H,14,17). The number of hydrogen-bond acceptors (Lipinski definition) is 3. The Kier molecular flexibility index (Phi) is 7.41. The van der Waals surface area contributed by atoms with Crippen molar-refractivity contribution >= 4 is 11.8 Å². The van der Waals surface area contributed by atoms with Crippen molar-refractivity contribution in [3.8, 4) is 0 Å². The van der Waals surface area contributed by atoms with E-state index in [2.05, 4.69) is 10.6 Å². The van der Waals surface area contributed by atoms with E-state index in [1.165, 1.54) is 6.42 Å². The summed E-state index contributed by atoms with van der Waals surface area (Å²) in [6, 6.07) is 0. The summed E-state index contributed by atoms with van der Waals surface area (Å²) >= 11 is 0. The number of amides is 2. The fraction of sp³-hybridized carbons (Fsp3) is 0.846. The molecule has 18 heavy (non-hydrogen) atoms. The van der Waals surface area contributed by atoms with Gasteiger partial charge in [0.25, 0.3) is 0 Å². The Morgan fingerprint density at radius 1 is 1.06 bits per heavy atom. The van der Waals surface area contributed by atoms with Crippen LogP contribution in [0.5, 0.6) is 0 Å². The minimum absolute atomic E-state index is 0.0705. The van der Waals surface area contributed by atoms with Crippen molar-refractivity contribution in [2.45, 2.75) is 38.5 Å². The van der Waals surface area contributed by atoms with Gasteiger partial charge in [0.15, 0.2) is 0 Å². The molecular formula is C13H25N3O2. The number of piperidine rings is 1. The van der Waals surface area contributed by atoms with E-state index in [0.717, 1.165) is 38.9 Å². The number of nitrogens with one attached hydrogen (secondary N) is 2. The molecule has 1 heterocycles. The minimum Gasteiger partial charge on any atom is -0.359 e. The average Bonchev–Trinajstić information content (AvgIpc) is 2.43. The Balaban J connectivity index is 1.96. The Labute approximate surface area is 109 Å². The predicted octanol–water partition coefficient (Wildman–Crippen LogP) is 0.505. The monoisotopic (exact) mass is 255 g/mol. The summed E-state index contributed by atoms with van der Waals surface area (Å²) in [5.41, 5.74) is 0. The maximum absolute atomic E-state index is 11.8. The lowest BCUT2D eigenvalue weighted by Crippen LogP contribution is -2.37. The molecule has 5 nitrogen and oxygen atoms in total. The van der Waals surface area contributed by atoms with Crippen molar-refractivity contribution in [3.63, 3.8) is 0 Å². The number of nitrogens with zero attached hydrogens (tertiary/aromatic N) is 1. The Bertz CT molecular complexity index is 263. The van der Waals surface area contributed by atoms with E-state index in [0.29, 0.717) is 19.4 Å². The number of likely N-dealkylation sites (tertiary alicyclic amines) is 1. The molecular weight excluding hydrogens is 230 g/mol. The largest absolute Gasteiger partial charge is 0.359 e. The van der Waals surface area contributed by atoms with Gasteiger partial charge >= 0.3 is 0 Å². The van der Waals surface area contributed by atoms with Gasteiger partial charge in [0.2, 0.25) is 11.8 Å². The molecule has 5 heteroatoms. The SMILES string of the molecule is CNC(=O)CCCNCCC(=O)N1CCCCC1. The molecule has 0 unspecified atom stereocenters. The normalized spacial score (nSPS) is 15.5. The molecule has 0 radical (unpaired) electrons. The molecule has 0 bridgehead atoms. The lowest BCUT2D eigenvalue weighted by molar-refractivity contribution is -0.132. The van der Waals surface area contributed by atoms with Crippen molar-refractivity contribution < 1.29 is 9.59 Å². The summed E-state index contributed by atoms with van der Waals surface area (Å²) in [4.78, 5) is 24.7. The molecule has 2 amide bonds. The third-order valence-electron chi connectivity index (χ3n) is 3.26. The number of carbonyl (C=O) groups excluding carboxylic acids is 2. The van der Waals surface area contributed by atoms with E-state index in [4.69, 9.17) is 0 Å². The summed E-state index contributed by atoms with van der Waals surface area (Å²) in [6.07, 6.45) is 5.47. The van der Waals surface area contributed by atoms with Gasteiger partial charge in [-0.2, -0.15) is 0 Å². The van der Waals surface area contributed by atoms with E-state index >= 15 is 0 Å². The maximum Gasteiger partial charge on any atom is 0.223 e. The summed E-state index contributed by atoms with van der Waals surface area (Å²) in [7, 11) is 1.65. The van der Waals surface area contributed by atoms with E-state index in [-0.39, 0.29) is 11.8 Å². The van der Waals surface area contributed by atoms with Gasteiger partial charge in [0.05, 0.1) is 0 Å². The molecule has 104 valence electrons. The van der Waals surface area contributed by atoms with Crippen LogP contribution < -0.4 is 10.6 Å². The van der Waals surface area contributed by atoms with Crippen molar-refractivity contribution in [1.29, 1.82) is 0 Å². The first kappa shape index (κ1) is 15.0. The molecule has 0 aromatic rings. The van der Waals surface area contributed by atoms with Crippen LogP contribution in [0.3, 0.4) is 0 Å². The molecule has 1 rings (SSSR count). The molecule has 2 N–H and O–H groups in total. The Morgan fingerprint density at radius 3 is 2.44 bits per heavy atom. The summed E-state index contributed by atoms with van der Waals surface area (Å²) in [5.74, 6) is 0.328. The zero-order chi connectivity index (χ0) is 13.2. The lowest BCUT2D eigenvalue weighted by Gasteiger charge is -2.26. The summed E-state index contributed by atoms with van der Waals surface area (Å²) in [5, 5.41) is 5.80. The highest BCUT2D eigenvalue weighted by molar-refractivity contribution is 5.76. The van der Waals surface area contributed by atoms with Crippen molar-refractivity contribution in [2.75, 3.05) is 33.2 Å². The first-order valence-electron chi connectivity index (χ1n) is 6.93. The van der Waals surface area contributed by atoms with Gasteiger partial charge in [0, 0.05) is 39.5 Å². The molecule has 0 aliphatic carbocycles. The van der Waals surface area contributed by atoms with Crippen molar-refractivity contribution in [1.82, 2.24) is 15.5 Å². The number of carbonyl (C=O) groups is 2. The van der Waals surface area contributed by atoms with E-state index in [9.17, 15) is 9.59 Å². The van der Waals surface area contributed by atoms with Crippen LogP contribution in [0.15, 0.2) is 0 Å².